The number of amides is 1. The fourth-order valence-electron chi connectivity index (χ4n) is 4.89. The van der Waals surface area contributed by atoms with Gasteiger partial charge in [0.15, 0.2) is 0 Å². The molecule has 0 unspecified atom stereocenters. The van der Waals surface area contributed by atoms with Crippen LogP contribution in [0.25, 0.3) is 10.9 Å². The topological polar surface area (TPSA) is 25.2 Å². The van der Waals surface area contributed by atoms with E-state index in [-0.39, 0.29) is 24.0 Å². The molecule has 0 spiro atoms. The van der Waals surface area contributed by atoms with Gasteiger partial charge in [-0.2, -0.15) is 0 Å². The standard InChI is InChI=1S/C28H26F2N2O/c29-21-13-11-20(12-14-21)18-32-19-25(23-8-2-4-10-27(23)32)24(22-7-1-3-9-26(22)30)17-28(33)31-15-5-6-16-31/h1-4,7-14,19,24H,5-6,15-18H2/t24-/m0/s1. The zero-order valence-electron chi connectivity index (χ0n) is 18.4. The molecular formula is C28H26F2N2O. The summed E-state index contributed by atoms with van der Waals surface area (Å²) in [7, 11) is 0. The average molecular weight is 445 g/mol. The summed E-state index contributed by atoms with van der Waals surface area (Å²) in [6.45, 7) is 2.11. The summed E-state index contributed by atoms with van der Waals surface area (Å²) in [5, 5.41) is 1.00. The Morgan fingerprint density at radius 1 is 0.848 bits per heavy atom. The van der Waals surface area contributed by atoms with Gasteiger partial charge < -0.3 is 9.47 Å². The van der Waals surface area contributed by atoms with Crippen molar-refractivity contribution in [3.05, 3.63) is 107 Å². The zero-order chi connectivity index (χ0) is 22.8. The van der Waals surface area contributed by atoms with E-state index >= 15 is 0 Å². The number of halogens is 2. The van der Waals surface area contributed by atoms with Gasteiger partial charge in [0.05, 0.1) is 0 Å². The van der Waals surface area contributed by atoms with E-state index in [9.17, 15) is 13.6 Å². The number of nitrogens with zero attached hydrogens (tertiary/aromatic N) is 2. The molecule has 5 heteroatoms. The Bertz CT molecular complexity index is 1270. The van der Waals surface area contributed by atoms with E-state index in [1.54, 1.807) is 24.3 Å². The number of fused-ring (bicyclic) bond motifs is 1. The molecule has 1 aliphatic rings. The fraction of sp³-hybridized carbons (Fsp3) is 0.250. The largest absolute Gasteiger partial charge is 0.343 e. The molecule has 0 saturated carbocycles. The molecule has 0 N–H and O–H groups in total. The number of rotatable bonds is 6. The van der Waals surface area contributed by atoms with Crippen LogP contribution in [0.1, 0.15) is 41.9 Å². The molecule has 33 heavy (non-hydrogen) atoms. The predicted molar refractivity (Wildman–Crippen MR) is 126 cm³/mol. The van der Waals surface area contributed by atoms with Crippen LogP contribution in [-0.4, -0.2) is 28.5 Å². The second kappa shape index (κ2) is 9.18. The Hall–Kier alpha value is -3.47. The van der Waals surface area contributed by atoms with E-state index in [0.717, 1.165) is 48.0 Å². The van der Waals surface area contributed by atoms with E-state index in [4.69, 9.17) is 0 Å². The van der Waals surface area contributed by atoms with Gasteiger partial charge in [-0.15, -0.1) is 0 Å². The third-order valence-corrected chi connectivity index (χ3v) is 6.58. The molecule has 168 valence electrons. The van der Waals surface area contributed by atoms with Crippen molar-refractivity contribution in [2.45, 2.75) is 31.7 Å². The minimum Gasteiger partial charge on any atom is -0.343 e. The van der Waals surface area contributed by atoms with Crippen LogP contribution in [0.3, 0.4) is 0 Å². The van der Waals surface area contributed by atoms with Crippen molar-refractivity contribution in [3.63, 3.8) is 0 Å². The molecule has 1 amide bonds. The molecule has 1 fully saturated rings. The fourth-order valence-corrected chi connectivity index (χ4v) is 4.89. The molecule has 5 rings (SSSR count). The average Bonchev–Trinajstić information content (AvgIpc) is 3.49. The number of aromatic nitrogens is 1. The molecule has 1 aromatic heterocycles. The van der Waals surface area contributed by atoms with E-state index in [0.29, 0.717) is 12.1 Å². The first kappa shape index (κ1) is 21.4. The lowest BCUT2D eigenvalue weighted by atomic mass is 9.87. The maximum atomic E-state index is 15.0. The molecule has 0 radical (unpaired) electrons. The molecule has 0 bridgehead atoms. The van der Waals surface area contributed by atoms with Crippen LogP contribution in [0.2, 0.25) is 0 Å². The van der Waals surface area contributed by atoms with E-state index in [1.807, 2.05) is 41.4 Å². The summed E-state index contributed by atoms with van der Waals surface area (Å²) in [4.78, 5) is 15.0. The number of hydrogen-bond donors (Lipinski definition) is 0. The number of likely N-dealkylation sites (tertiary alicyclic amines) is 1. The molecular weight excluding hydrogens is 418 g/mol. The molecule has 1 atom stereocenters. The summed E-state index contributed by atoms with van der Waals surface area (Å²) in [6, 6.07) is 21.2. The van der Waals surface area contributed by atoms with Crippen LogP contribution in [0.4, 0.5) is 8.78 Å². The van der Waals surface area contributed by atoms with Gasteiger partial charge >= 0.3 is 0 Å². The second-order valence-electron chi connectivity index (χ2n) is 8.72. The number of para-hydroxylation sites is 1. The first-order valence-electron chi connectivity index (χ1n) is 11.4. The molecule has 4 aromatic rings. The van der Waals surface area contributed by atoms with Crippen molar-refractivity contribution < 1.29 is 13.6 Å². The Morgan fingerprint density at radius 2 is 1.55 bits per heavy atom. The van der Waals surface area contributed by atoms with Gasteiger partial charge in [-0.05, 0) is 53.8 Å². The van der Waals surface area contributed by atoms with Crippen LogP contribution < -0.4 is 0 Å². The highest BCUT2D eigenvalue weighted by atomic mass is 19.1. The number of benzene rings is 3. The van der Waals surface area contributed by atoms with Gasteiger partial charge in [0.25, 0.3) is 0 Å². The number of carbonyl (C=O) groups excluding carboxylic acids is 1. The van der Waals surface area contributed by atoms with Gasteiger partial charge in [0, 0.05) is 49.1 Å². The Labute approximate surface area is 192 Å². The highest BCUT2D eigenvalue weighted by Crippen LogP contribution is 2.37. The summed E-state index contributed by atoms with van der Waals surface area (Å²) < 4.78 is 30.5. The molecule has 1 aliphatic heterocycles. The summed E-state index contributed by atoms with van der Waals surface area (Å²) in [5.41, 5.74) is 3.45. The maximum absolute atomic E-state index is 15.0. The van der Waals surface area contributed by atoms with Crippen LogP contribution in [0, 0.1) is 11.6 Å². The predicted octanol–water partition coefficient (Wildman–Crippen LogP) is 6.11. The molecule has 2 heterocycles. The van der Waals surface area contributed by atoms with Crippen molar-refractivity contribution in [2.75, 3.05) is 13.1 Å². The monoisotopic (exact) mass is 444 g/mol. The van der Waals surface area contributed by atoms with Gasteiger partial charge in [-0.1, -0.05) is 48.5 Å². The van der Waals surface area contributed by atoms with E-state index in [2.05, 4.69) is 4.57 Å². The zero-order valence-corrected chi connectivity index (χ0v) is 18.4. The van der Waals surface area contributed by atoms with Crippen molar-refractivity contribution in [1.82, 2.24) is 9.47 Å². The van der Waals surface area contributed by atoms with Crippen LogP contribution in [-0.2, 0) is 11.3 Å². The van der Waals surface area contributed by atoms with E-state index in [1.165, 1.54) is 18.2 Å². The quantitative estimate of drug-likeness (QED) is 0.352. The summed E-state index contributed by atoms with van der Waals surface area (Å²) in [5.74, 6) is -0.890. The number of hydrogen-bond acceptors (Lipinski definition) is 1. The lowest BCUT2D eigenvalue weighted by molar-refractivity contribution is -0.130. The van der Waals surface area contributed by atoms with E-state index < -0.39 is 5.92 Å². The normalized spacial score (nSPS) is 14.7. The molecule has 1 saturated heterocycles. The molecule has 0 aliphatic carbocycles. The van der Waals surface area contributed by atoms with Crippen LogP contribution >= 0.6 is 0 Å². The summed E-state index contributed by atoms with van der Waals surface area (Å²) in [6.07, 6.45) is 4.30. The SMILES string of the molecule is O=C(C[C@@H](c1ccccc1F)c1cn(Cc2ccc(F)cc2)c2ccccc12)N1CCCC1. The first-order valence-corrected chi connectivity index (χ1v) is 11.4. The maximum Gasteiger partial charge on any atom is 0.223 e. The highest BCUT2D eigenvalue weighted by molar-refractivity contribution is 5.87. The van der Waals surface area contributed by atoms with Crippen molar-refractivity contribution in [1.29, 1.82) is 0 Å². The smallest absolute Gasteiger partial charge is 0.223 e. The molecule has 3 nitrogen and oxygen atoms in total. The van der Waals surface area contributed by atoms with Crippen LogP contribution in [0.5, 0.6) is 0 Å². The summed E-state index contributed by atoms with van der Waals surface area (Å²) >= 11 is 0. The lowest BCUT2D eigenvalue weighted by Crippen LogP contribution is -2.29. The van der Waals surface area contributed by atoms with Gasteiger partial charge in [-0.3, -0.25) is 4.79 Å². The third kappa shape index (κ3) is 4.40. The van der Waals surface area contributed by atoms with Crippen molar-refractivity contribution >= 4 is 16.8 Å². The Morgan fingerprint density at radius 3 is 2.30 bits per heavy atom. The van der Waals surface area contributed by atoms with Gasteiger partial charge in [0.1, 0.15) is 11.6 Å². The number of carbonyl (C=O) groups is 1. The Kier molecular flexibility index (Phi) is 5.95. The van der Waals surface area contributed by atoms with Gasteiger partial charge in [-0.25, -0.2) is 8.78 Å². The van der Waals surface area contributed by atoms with Crippen molar-refractivity contribution in [2.24, 2.45) is 0 Å². The van der Waals surface area contributed by atoms with Gasteiger partial charge in [0.2, 0.25) is 5.91 Å². The Balaban J connectivity index is 1.58. The highest BCUT2D eigenvalue weighted by Gasteiger charge is 2.28. The minimum atomic E-state index is -0.390. The lowest BCUT2D eigenvalue weighted by Gasteiger charge is -2.22. The molecule has 3 aromatic carbocycles. The van der Waals surface area contributed by atoms with Crippen LogP contribution in [0.15, 0.2) is 79.0 Å². The third-order valence-electron chi connectivity index (χ3n) is 6.58. The van der Waals surface area contributed by atoms with Crippen molar-refractivity contribution in [3.8, 4) is 0 Å². The first-order chi connectivity index (χ1) is 16.1. The minimum absolute atomic E-state index is 0.0659. The second-order valence-corrected chi connectivity index (χ2v) is 8.72.